The fourth-order valence-corrected chi connectivity index (χ4v) is 1.68. The van der Waals surface area contributed by atoms with Gasteiger partial charge in [0, 0.05) is 20.3 Å². The molecule has 22 heavy (non-hydrogen) atoms. The topological polar surface area (TPSA) is 58.1 Å². The number of hydrogen-bond acceptors (Lipinski definition) is 4. The van der Waals surface area contributed by atoms with Crippen molar-refractivity contribution in [1.82, 2.24) is 15.3 Å². The third-order valence-corrected chi connectivity index (χ3v) is 2.84. The van der Waals surface area contributed by atoms with E-state index in [-0.39, 0.29) is 6.54 Å². The van der Waals surface area contributed by atoms with E-state index in [1.165, 1.54) is 6.20 Å². The highest BCUT2D eigenvalue weighted by Gasteiger charge is 2.18. The molecule has 1 aromatic heterocycles. The summed E-state index contributed by atoms with van der Waals surface area (Å²) in [6, 6.07) is 3.25. The minimum absolute atomic E-state index is 0.0705. The summed E-state index contributed by atoms with van der Waals surface area (Å²) in [6.45, 7) is -0.0705. The number of aromatic nitrogens is 2. The van der Waals surface area contributed by atoms with Gasteiger partial charge in [0.05, 0.1) is 12.1 Å². The van der Waals surface area contributed by atoms with Gasteiger partial charge in [-0.2, -0.15) is 0 Å². The zero-order valence-corrected chi connectivity index (χ0v) is 11.9. The summed E-state index contributed by atoms with van der Waals surface area (Å²) in [5, 5.41) is 2.36. The molecule has 0 spiro atoms. The Morgan fingerprint density at radius 2 is 1.91 bits per heavy atom. The first-order valence-electron chi connectivity index (χ1n) is 6.31. The van der Waals surface area contributed by atoms with Crippen LogP contribution in [0.3, 0.4) is 0 Å². The highest BCUT2D eigenvalue weighted by Crippen LogP contribution is 2.15. The highest BCUT2D eigenvalue weighted by molar-refractivity contribution is 5.94. The van der Waals surface area contributed by atoms with Crippen LogP contribution < -0.4 is 10.2 Å². The Balaban J connectivity index is 2.10. The molecule has 1 N–H and O–H groups in total. The molecule has 0 unspecified atom stereocenters. The molecule has 0 saturated carbocycles. The van der Waals surface area contributed by atoms with E-state index in [9.17, 15) is 18.0 Å². The number of nitrogens with one attached hydrogen (secondary N) is 1. The maximum atomic E-state index is 13.5. The minimum atomic E-state index is -1.68. The third kappa shape index (κ3) is 3.33. The monoisotopic (exact) mass is 310 g/mol. The van der Waals surface area contributed by atoms with Crippen LogP contribution in [0.15, 0.2) is 24.4 Å². The van der Waals surface area contributed by atoms with Crippen molar-refractivity contribution >= 4 is 11.7 Å². The van der Waals surface area contributed by atoms with Crippen molar-refractivity contribution in [3.8, 4) is 0 Å². The van der Waals surface area contributed by atoms with Crippen LogP contribution in [0.1, 0.15) is 16.2 Å². The van der Waals surface area contributed by atoms with Crippen molar-refractivity contribution in [2.24, 2.45) is 0 Å². The predicted octanol–water partition coefficient (Wildman–Crippen LogP) is 1.89. The summed E-state index contributed by atoms with van der Waals surface area (Å²) >= 11 is 0. The minimum Gasteiger partial charge on any atom is -0.363 e. The first kappa shape index (κ1) is 15.7. The molecule has 116 valence electrons. The SMILES string of the molecule is CN(C)c1ccnc(CNC(=O)c2ccc(F)c(F)c2F)n1. The van der Waals surface area contributed by atoms with Gasteiger partial charge in [0.15, 0.2) is 17.5 Å². The Hall–Kier alpha value is -2.64. The Bertz CT molecular complexity index is 706. The number of carbonyl (C=O) groups excluding carboxylic acids is 1. The zero-order chi connectivity index (χ0) is 16.3. The van der Waals surface area contributed by atoms with E-state index in [2.05, 4.69) is 15.3 Å². The van der Waals surface area contributed by atoms with Crippen molar-refractivity contribution in [3.05, 3.63) is 53.2 Å². The molecule has 0 saturated heterocycles. The lowest BCUT2D eigenvalue weighted by Crippen LogP contribution is -2.25. The zero-order valence-electron chi connectivity index (χ0n) is 11.9. The van der Waals surface area contributed by atoms with E-state index in [1.807, 2.05) is 0 Å². The van der Waals surface area contributed by atoms with Crippen LogP contribution in [0, 0.1) is 17.5 Å². The smallest absolute Gasteiger partial charge is 0.254 e. The Kier molecular flexibility index (Phi) is 4.59. The standard InChI is InChI=1S/C14H13F3N4O/c1-21(2)11-5-6-18-10(20-11)7-19-14(22)8-3-4-9(15)13(17)12(8)16/h3-6H,7H2,1-2H3,(H,19,22). The van der Waals surface area contributed by atoms with Gasteiger partial charge < -0.3 is 10.2 Å². The Morgan fingerprint density at radius 1 is 1.18 bits per heavy atom. The van der Waals surface area contributed by atoms with Gasteiger partial charge in [0.2, 0.25) is 0 Å². The molecule has 0 atom stereocenters. The van der Waals surface area contributed by atoms with Gasteiger partial charge in [-0.1, -0.05) is 0 Å². The molecule has 5 nitrogen and oxygen atoms in total. The number of anilines is 1. The summed E-state index contributed by atoms with van der Waals surface area (Å²) in [6.07, 6.45) is 1.52. The van der Waals surface area contributed by atoms with E-state index < -0.39 is 28.9 Å². The summed E-state index contributed by atoms with van der Waals surface area (Å²) < 4.78 is 39.4. The van der Waals surface area contributed by atoms with E-state index in [0.29, 0.717) is 17.7 Å². The number of hydrogen-bond donors (Lipinski definition) is 1. The molecule has 0 aliphatic rings. The number of benzene rings is 1. The fourth-order valence-electron chi connectivity index (χ4n) is 1.68. The molecule has 2 rings (SSSR count). The van der Waals surface area contributed by atoms with Crippen LogP contribution in [0.4, 0.5) is 19.0 Å². The lowest BCUT2D eigenvalue weighted by molar-refractivity contribution is 0.0944. The average Bonchev–Trinajstić information content (AvgIpc) is 2.50. The van der Waals surface area contributed by atoms with Crippen LogP contribution in [-0.2, 0) is 6.54 Å². The summed E-state index contributed by atoms with van der Waals surface area (Å²) in [7, 11) is 3.59. The predicted molar refractivity (Wildman–Crippen MR) is 73.8 cm³/mol. The van der Waals surface area contributed by atoms with Crippen molar-refractivity contribution in [3.63, 3.8) is 0 Å². The van der Waals surface area contributed by atoms with E-state index in [4.69, 9.17) is 0 Å². The van der Waals surface area contributed by atoms with E-state index in [0.717, 1.165) is 6.07 Å². The quantitative estimate of drug-likeness (QED) is 0.876. The molecule has 0 fully saturated rings. The molecule has 1 amide bonds. The molecule has 0 aliphatic heterocycles. The molecule has 8 heteroatoms. The normalized spacial score (nSPS) is 10.4. The van der Waals surface area contributed by atoms with Crippen molar-refractivity contribution in [2.75, 3.05) is 19.0 Å². The van der Waals surface area contributed by atoms with E-state index in [1.54, 1.807) is 25.1 Å². The second-order valence-electron chi connectivity index (χ2n) is 4.63. The number of halogens is 3. The van der Waals surface area contributed by atoms with E-state index >= 15 is 0 Å². The lowest BCUT2D eigenvalue weighted by Gasteiger charge is -2.12. The molecule has 0 radical (unpaired) electrons. The summed E-state index contributed by atoms with van der Waals surface area (Å²) in [5.41, 5.74) is -0.581. The van der Waals surface area contributed by atoms with Crippen LogP contribution in [0.2, 0.25) is 0 Å². The van der Waals surface area contributed by atoms with Gasteiger partial charge in [-0.25, -0.2) is 23.1 Å². The van der Waals surface area contributed by atoms with Crippen molar-refractivity contribution in [1.29, 1.82) is 0 Å². The lowest BCUT2D eigenvalue weighted by atomic mass is 10.2. The van der Waals surface area contributed by atoms with Crippen molar-refractivity contribution < 1.29 is 18.0 Å². The Labute approximate surface area is 124 Å². The summed E-state index contributed by atoms with van der Waals surface area (Å²) in [5.74, 6) is -4.49. The molecule has 1 heterocycles. The number of carbonyl (C=O) groups is 1. The molecular formula is C14H13F3N4O. The highest BCUT2D eigenvalue weighted by atomic mass is 19.2. The van der Waals surface area contributed by atoms with Gasteiger partial charge in [0.25, 0.3) is 5.91 Å². The number of amides is 1. The second-order valence-corrected chi connectivity index (χ2v) is 4.63. The molecular weight excluding hydrogens is 297 g/mol. The van der Waals surface area contributed by atoms with Gasteiger partial charge >= 0.3 is 0 Å². The summed E-state index contributed by atoms with van der Waals surface area (Å²) in [4.78, 5) is 21.7. The van der Waals surface area contributed by atoms with Crippen molar-refractivity contribution in [2.45, 2.75) is 6.54 Å². The Morgan fingerprint density at radius 3 is 2.59 bits per heavy atom. The van der Waals surface area contributed by atoms with Crippen LogP contribution >= 0.6 is 0 Å². The second kappa shape index (κ2) is 6.42. The molecule has 0 bridgehead atoms. The largest absolute Gasteiger partial charge is 0.363 e. The first-order valence-corrected chi connectivity index (χ1v) is 6.31. The van der Waals surface area contributed by atoms with Gasteiger partial charge in [0.1, 0.15) is 11.6 Å². The average molecular weight is 310 g/mol. The van der Waals surface area contributed by atoms with Crippen LogP contribution in [0.5, 0.6) is 0 Å². The molecule has 1 aromatic carbocycles. The number of rotatable bonds is 4. The maximum Gasteiger partial charge on any atom is 0.254 e. The number of nitrogens with zero attached hydrogens (tertiary/aromatic N) is 3. The third-order valence-electron chi connectivity index (χ3n) is 2.84. The van der Waals surface area contributed by atoms with Gasteiger partial charge in [-0.3, -0.25) is 4.79 Å². The van der Waals surface area contributed by atoms with Gasteiger partial charge in [-0.15, -0.1) is 0 Å². The van der Waals surface area contributed by atoms with Gasteiger partial charge in [-0.05, 0) is 18.2 Å². The molecule has 2 aromatic rings. The molecule has 0 aliphatic carbocycles. The fraction of sp³-hybridized carbons (Fsp3) is 0.214. The maximum absolute atomic E-state index is 13.5. The van der Waals surface area contributed by atoms with Crippen LogP contribution in [0.25, 0.3) is 0 Å². The van der Waals surface area contributed by atoms with Crippen LogP contribution in [-0.4, -0.2) is 30.0 Å². The first-order chi connectivity index (χ1) is 10.4.